The molecule has 1 aromatic heterocycles. The zero-order chi connectivity index (χ0) is 12.9. The van der Waals surface area contributed by atoms with E-state index in [1.807, 2.05) is 12.1 Å². The van der Waals surface area contributed by atoms with Crippen molar-refractivity contribution in [1.82, 2.24) is 4.98 Å². The van der Waals surface area contributed by atoms with Crippen LogP contribution in [0.3, 0.4) is 0 Å². The largest absolute Gasteiger partial charge is 0.353 e. The molecule has 0 aliphatic heterocycles. The van der Waals surface area contributed by atoms with Crippen LogP contribution < -0.4 is 0 Å². The summed E-state index contributed by atoms with van der Waals surface area (Å²) < 4.78 is 0. The minimum Gasteiger partial charge on any atom is -0.353 e. The van der Waals surface area contributed by atoms with Gasteiger partial charge < -0.3 is 4.98 Å². The van der Waals surface area contributed by atoms with Crippen molar-refractivity contribution >= 4 is 33.4 Å². The van der Waals surface area contributed by atoms with Gasteiger partial charge in [0.2, 0.25) is 0 Å². The predicted molar refractivity (Wildman–Crippen MR) is 79.5 cm³/mol. The molecule has 0 amide bonds. The highest BCUT2D eigenvalue weighted by molar-refractivity contribution is 6.36. The fourth-order valence-corrected chi connectivity index (χ4v) is 2.57. The van der Waals surface area contributed by atoms with Gasteiger partial charge in [-0.3, -0.25) is 0 Å². The standard InChI is InChI=1S/C16H16ClN/c1-16(2,3)10-7-8-14-12(9-10)11-5-4-6-13(17)15(11)18-14/h4-9,18H,1-3H3. The van der Waals surface area contributed by atoms with Crippen LogP contribution in [0.1, 0.15) is 26.3 Å². The molecule has 1 N–H and O–H groups in total. The van der Waals surface area contributed by atoms with Crippen LogP contribution in [0, 0.1) is 0 Å². The van der Waals surface area contributed by atoms with E-state index in [-0.39, 0.29) is 5.41 Å². The number of aromatic amines is 1. The average molecular weight is 258 g/mol. The van der Waals surface area contributed by atoms with Crippen molar-refractivity contribution in [3.05, 3.63) is 47.0 Å². The number of aromatic nitrogens is 1. The van der Waals surface area contributed by atoms with Crippen molar-refractivity contribution in [2.75, 3.05) is 0 Å². The summed E-state index contributed by atoms with van der Waals surface area (Å²) in [6.07, 6.45) is 0. The predicted octanol–water partition coefficient (Wildman–Crippen LogP) is 5.27. The van der Waals surface area contributed by atoms with Crippen LogP contribution in [-0.4, -0.2) is 4.98 Å². The Morgan fingerprint density at radius 2 is 1.78 bits per heavy atom. The molecule has 2 heteroatoms. The number of halogens is 1. The van der Waals surface area contributed by atoms with Gasteiger partial charge in [-0.15, -0.1) is 0 Å². The maximum atomic E-state index is 6.23. The third-order valence-electron chi connectivity index (χ3n) is 3.45. The molecule has 0 bridgehead atoms. The number of hydrogen-bond acceptors (Lipinski definition) is 0. The normalized spacial score (nSPS) is 12.4. The van der Waals surface area contributed by atoms with Gasteiger partial charge in [0.05, 0.1) is 10.5 Å². The first-order chi connectivity index (χ1) is 8.47. The van der Waals surface area contributed by atoms with Gasteiger partial charge in [-0.25, -0.2) is 0 Å². The van der Waals surface area contributed by atoms with Crippen molar-refractivity contribution in [2.24, 2.45) is 0 Å². The van der Waals surface area contributed by atoms with Gasteiger partial charge in [-0.1, -0.05) is 50.6 Å². The van der Waals surface area contributed by atoms with Crippen LogP contribution in [0.15, 0.2) is 36.4 Å². The molecule has 92 valence electrons. The highest BCUT2D eigenvalue weighted by atomic mass is 35.5. The molecule has 0 aliphatic rings. The minimum absolute atomic E-state index is 0.163. The summed E-state index contributed by atoms with van der Waals surface area (Å²) >= 11 is 6.23. The lowest BCUT2D eigenvalue weighted by molar-refractivity contribution is 0.591. The van der Waals surface area contributed by atoms with E-state index < -0.39 is 0 Å². The van der Waals surface area contributed by atoms with Crippen LogP contribution in [-0.2, 0) is 5.41 Å². The molecule has 0 aliphatic carbocycles. The Balaban J connectivity index is 2.40. The van der Waals surface area contributed by atoms with Crippen molar-refractivity contribution in [3.8, 4) is 0 Å². The Bertz CT molecular complexity index is 732. The quantitative estimate of drug-likeness (QED) is 0.565. The number of hydrogen-bond donors (Lipinski definition) is 1. The van der Waals surface area contributed by atoms with Gasteiger partial charge >= 0.3 is 0 Å². The molecule has 0 atom stereocenters. The van der Waals surface area contributed by atoms with E-state index in [4.69, 9.17) is 11.6 Å². The summed E-state index contributed by atoms with van der Waals surface area (Å²) in [4.78, 5) is 3.39. The van der Waals surface area contributed by atoms with Crippen molar-refractivity contribution in [3.63, 3.8) is 0 Å². The summed E-state index contributed by atoms with van der Waals surface area (Å²) in [6, 6.07) is 12.6. The molecule has 1 heterocycles. The Morgan fingerprint density at radius 3 is 2.50 bits per heavy atom. The van der Waals surface area contributed by atoms with E-state index in [1.54, 1.807) is 0 Å². The van der Waals surface area contributed by atoms with E-state index in [0.29, 0.717) is 0 Å². The number of H-pyrrole nitrogens is 1. The van der Waals surface area contributed by atoms with Crippen LogP contribution in [0.2, 0.25) is 5.02 Å². The third-order valence-corrected chi connectivity index (χ3v) is 3.76. The zero-order valence-electron chi connectivity index (χ0n) is 10.8. The molecule has 0 spiro atoms. The van der Waals surface area contributed by atoms with Gasteiger partial charge in [0, 0.05) is 16.3 Å². The van der Waals surface area contributed by atoms with Gasteiger partial charge in [-0.05, 0) is 29.2 Å². The summed E-state index contributed by atoms with van der Waals surface area (Å²) in [5.41, 5.74) is 3.68. The monoisotopic (exact) mass is 257 g/mol. The van der Waals surface area contributed by atoms with Crippen molar-refractivity contribution in [1.29, 1.82) is 0 Å². The molecule has 3 aromatic rings. The molecule has 0 unspecified atom stereocenters. The Labute approximate surface area is 112 Å². The minimum atomic E-state index is 0.163. The van der Waals surface area contributed by atoms with E-state index in [1.165, 1.54) is 16.3 Å². The second-order valence-electron chi connectivity index (χ2n) is 5.80. The molecule has 0 saturated carbocycles. The molecule has 0 radical (unpaired) electrons. The van der Waals surface area contributed by atoms with Crippen molar-refractivity contribution in [2.45, 2.75) is 26.2 Å². The van der Waals surface area contributed by atoms with Crippen LogP contribution in [0.4, 0.5) is 0 Å². The van der Waals surface area contributed by atoms with Crippen LogP contribution in [0.25, 0.3) is 21.8 Å². The number of rotatable bonds is 0. The van der Waals surface area contributed by atoms with E-state index >= 15 is 0 Å². The summed E-state index contributed by atoms with van der Waals surface area (Å²) in [7, 11) is 0. The highest BCUT2D eigenvalue weighted by Crippen LogP contribution is 2.33. The van der Waals surface area contributed by atoms with Gasteiger partial charge in [0.1, 0.15) is 0 Å². The maximum absolute atomic E-state index is 6.23. The molecule has 0 fully saturated rings. The van der Waals surface area contributed by atoms with Gasteiger partial charge in [0.25, 0.3) is 0 Å². The Hall–Kier alpha value is -1.47. The first-order valence-corrected chi connectivity index (χ1v) is 6.55. The first-order valence-electron chi connectivity index (χ1n) is 6.17. The summed E-state index contributed by atoms with van der Waals surface area (Å²) in [5, 5.41) is 3.23. The zero-order valence-corrected chi connectivity index (χ0v) is 11.6. The summed E-state index contributed by atoms with van der Waals surface area (Å²) in [6.45, 7) is 6.70. The lowest BCUT2D eigenvalue weighted by Gasteiger charge is -2.18. The number of nitrogens with one attached hydrogen (secondary N) is 1. The number of benzene rings is 2. The lowest BCUT2D eigenvalue weighted by atomic mass is 9.86. The summed E-state index contributed by atoms with van der Waals surface area (Å²) in [5.74, 6) is 0. The molecule has 2 aromatic carbocycles. The smallest absolute Gasteiger partial charge is 0.0654 e. The fraction of sp³-hybridized carbons (Fsp3) is 0.250. The molecular weight excluding hydrogens is 242 g/mol. The topological polar surface area (TPSA) is 15.8 Å². The van der Waals surface area contributed by atoms with Gasteiger partial charge in [0.15, 0.2) is 0 Å². The highest BCUT2D eigenvalue weighted by Gasteiger charge is 2.15. The fourth-order valence-electron chi connectivity index (χ4n) is 2.35. The van der Waals surface area contributed by atoms with Crippen LogP contribution >= 0.6 is 11.6 Å². The Morgan fingerprint density at radius 1 is 1.00 bits per heavy atom. The van der Waals surface area contributed by atoms with E-state index in [2.05, 4.69) is 50.0 Å². The van der Waals surface area contributed by atoms with E-state index in [9.17, 15) is 0 Å². The van der Waals surface area contributed by atoms with Gasteiger partial charge in [-0.2, -0.15) is 0 Å². The van der Waals surface area contributed by atoms with Crippen LogP contribution in [0.5, 0.6) is 0 Å². The van der Waals surface area contributed by atoms with Crippen molar-refractivity contribution < 1.29 is 0 Å². The Kier molecular flexibility index (Phi) is 2.43. The molecule has 0 saturated heterocycles. The lowest BCUT2D eigenvalue weighted by Crippen LogP contribution is -2.10. The molecule has 1 nitrogen and oxygen atoms in total. The average Bonchev–Trinajstić information content (AvgIpc) is 2.67. The maximum Gasteiger partial charge on any atom is 0.0654 e. The molecule has 3 rings (SSSR count). The second-order valence-corrected chi connectivity index (χ2v) is 6.20. The molecular formula is C16H16ClN. The second kappa shape index (κ2) is 3.76. The first kappa shape index (κ1) is 11.6. The van der Waals surface area contributed by atoms with E-state index in [0.717, 1.165) is 16.1 Å². The molecule has 18 heavy (non-hydrogen) atoms. The number of para-hydroxylation sites is 1. The third kappa shape index (κ3) is 1.70. The SMILES string of the molecule is CC(C)(C)c1ccc2[nH]c3c(Cl)cccc3c2c1. The number of fused-ring (bicyclic) bond motifs is 3.